The molecule has 0 spiro atoms. The summed E-state index contributed by atoms with van der Waals surface area (Å²) in [4.78, 5) is 2.26. The van der Waals surface area contributed by atoms with Crippen molar-refractivity contribution in [2.24, 2.45) is 5.92 Å². The minimum absolute atomic E-state index is 0.674. The van der Waals surface area contributed by atoms with Crippen LogP contribution in [0, 0.1) is 5.92 Å². The van der Waals surface area contributed by atoms with E-state index in [-0.39, 0.29) is 0 Å². The lowest BCUT2D eigenvalue weighted by Crippen LogP contribution is -2.26. The largest absolute Gasteiger partial charge is 0.307 e. The predicted octanol–water partition coefficient (Wildman–Crippen LogP) is 2.07. The second-order valence-corrected chi connectivity index (χ2v) is 3.48. The number of allylic oxidation sites excluding steroid dienone is 4. The summed E-state index contributed by atoms with van der Waals surface area (Å²) in [6, 6.07) is 0.674. The van der Waals surface area contributed by atoms with E-state index in [4.69, 9.17) is 0 Å². The van der Waals surface area contributed by atoms with Gasteiger partial charge in [0.1, 0.15) is 0 Å². The fourth-order valence-corrected chi connectivity index (χ4v) is 1.24. The summed E-state index contributed by atoms with van der Waals surface area (Å²) in [5.41, 5.74) is 0. The van der Waals surface area contributed by atoms with Gasteiger partial charge in [0.2, 0.25) is 0 Å². The van der Waals surface area contributed by atoms with Crippen molar-refractivity contribution in [3.63, 3.8) is 0 Å². The van der Waals surface area contributed by atoms with Crippen LogP contribution in [-0.4, -0.2) is 25.0 Å². The van der Waals surface area contributed by atoms with Crippen molar-refractivity contribution in [2.45, 2.75) is 19.4 Å². The average Bonchev–Trinajstić information content (AvgIpc) is 2.39. The summed E-state index contributed by atoms with van der Waals surface area (Å²) in [6.07, 6.45) is 10.0. The highest BCUT2D eigenvalue weighted by Gasteiger charge is 2.10. The molecule has 0 fully saturated rings. The Balaban J connectivity index is 2.30. The number of rotatable bonds is 3. The van der Waals surface area contributed by atoms with Crippen molar-refractivity contribution >= 4 is 0 Å². The van der Waals surface area contributed by atoms with Crippen LogP contribution in [0.5, 0.6) is 0 Å². The van der Waals surface area contributed by atoms with Crippen LogP contribution in [0.1, 0.15) is 13.3 Å². The zero-order valence-electron chi connectivity index (χ0n) is 7.62. The van der Waals surface area contributed by atoms with Gasteiger partial charge in [-0.25, -0.2) is 0 Å². The predicted molar refractivity (Wildman–Crippen MR) is 49.5 cm³/mol. The van der Waals surface area contributed by atoms with Crippen molar-refractivity contribution < 1.29 is 0 Å². The van der Waals surface area contributed by atoms with Gasteiger partial charge in [0, 0.05) is 6.04 Å². The Hall–Kier alpha value is -0.560. The molecule has 1 nitrogen and oxygen atoms in total. The molecule has 0 radical (unpaired) electrons. The van der Waals surface area contributed by atoms with Gasteiger partial charge in [0.25, 0.3) is 0 Å². The third-order valence-electron chi connectivity index (χ3n) is 2.32. The van der Waals surface area contributed by atoms with Gasteiger partial charge in [-0.1, -0.05) is 24.3 Å². The molecular weight excluding hydrogens is 134 g/mol. The van der Waals surface area contributed by atoms with Crippen LogP contribution in [0.15, 0.2) is 24.3 Å². The van der Waals surface area contributed by atoms with E-state index in [1.807, 2.05) is 0 Å². The van der Waals surface area contributed by atoms with E-state index in [9.17, 15) is 0 Å². The molecule has 0 saturated heterocycles. The van der Waals surface area contributed by atoms with E-state index >= 15 is 0 Å². The smallest absolute Gasteiger partial charge is 0.00694 e. The zero-order chi connectivity index (χ0) is 8.27. The standard InChI is InChI=1S/C10H17N/c1-9(11(2)3)8-10-6-4-5-7-10/h4-7,9-10H,8H2,1-3H3/t9-/m0/s1. The van der Waals surface area contributed by atoms with Crippen LogP contribution in [0.2, 0.25) is 0 Å². The fraction of sp³-hybridized carbons (Fsp3) is 0.600. The summed E-state index contributed by atoms with van der Waals surface area (Å²) < 4.78 is 0. The molecule has 11 heavy (non-hydrogen) atoms. The normalized spacial score (nSPS) is 20.0. The molecule has 0 amide bonds. The summed E-state index contributed by atoms with van der Waals surface area (Å²) in [5, 5.41) is 0. The maximum Gasteiger partial charge on any atom is 0.00694 e. The average molecular weight is 151 g/mol. The van der Waals surface area contributed by atoms with Crippen LogP contribution in [0.25, 0.3) is 0 Å². The first-order valence-electron chi connectivity index (χ1n) is 4.21. The zero-order valence-corrected chi connectivity index (χ0v) is 7.62. The van der Waals surface area contributed by atoms with E-state index < -0.39 is 0 Å². The molecule has 1 aliphatic rings. The molecule has 0 aromatic carbocycles. The summed E-state index contributed by atoms with van der Waals surface area (Å²) >= 11 is 0. The topological polar surface area (TPSA) is 3.24 Å². The molecule has 1 atom stereocenters. The Kier molecular flexibility index (Phi) is 2.89. The molecule has 0 bridgehead atoms. The Morgan fingerprint density at radius 3 is 2.27 bits per heavy atom. The molecule has 0 heterocycles. The molecule has 0 saturated carbocycles. The molecule has 1 rings (SSSR count). The lowest BCUT2D eigenvalue weighted by Gasteiger charge is -2.21. The van der Waals surface area contributed by atoms with E-state index in [1.54, 1.807) is 0 Å². The fourth-order valence-electron chi connectivity index (χ4n) is 1.24. The number of hydrogen-bond acceptors (Lipinski definition) is 1. The molecular formula is C10H17N. The quantitative estimate of drug-likeness (QED) is 0.597. The van der Waals surface area contributed by atoms with Crippen LogP contribution in [0.4, 0.5) is 0 Å². The van der Waals surface area contributed by atoms with Crippen molar-refractivity contribution in [2.75, 3.05) is 14.1 Å². The SMILES string of the molecule is C[C@@H](CC1C=CC=C1)N(C)C. The lowest BCUT2D eigenvalue weighted by molar-refractivity contribution is 0.288. The summed E-state index contributed by atoms with van der Waals surface area (Å²) in [5.74, 6) is 0.674. The van der Waals surface area contributed by atoms with Crippen molar-refractivity contribution in [1.82, 2.24) is 4.90 Å². The van der Waals surface area contributed by atoms with Crippen molar-refractivity contribution in [1.29, 1.82) is 0 Å². The van der Waals surface area contributed by atoms with E-state index in [2.05, 4.69) is 50.2 Å². The Labute approximate surface area is 69.4 Å². The third-order valence-corrected chi connectivity index (χ3v) is 2.32. The first kappa shape index (κ1) is 8.54. The second kappa shape index (κ2) is 3.72. The first-order chi connectivity index (χ1) is 5.20. The maximum atomic E-state index is 2.26. The van der Waals surface area contributed by atoms with Crippen LogP contribution >= 0.6 is 0 Å². The molecule has 0 unspecified atom stereocenters. The van der Waals surface area contributed by atoms with E-state index in [1.165, 1.54) is 6.42 Å². The van der Waals surface area contributed by atoms with Gasteiger partial charge in [-0.2, -0.15) is 0 Å². The molecule has 0 aromatic heterocycles. The van der Waals surface area contributed by atoms with Crippen LogP contribution in [-0.2, 0) is 0 Å². The molecule has 1 heteroatoms. The number of nitrogens with zero attached hydrogens (tertiary/aromatic N) is 1. The molecule has 1 aliphatic carbocycles. The highest BCUT2D eigenvalue weighted by molar-refractivity contribution is 5.17. The highest BCUT2D eigenvalue weighted by atomic mass is 15.1. The Morgan fingerprint density at radius 1 is 1.27 bits per heavy atom. The summed E-state index contributed by atoms with van der Waals surface area (Å²) in [6.45, 7) is 2.26. The van der Waals surface area contributed by atoms with Gasteiger partial charge in [0.05, 0.1) is 0 Å². The minimum Gasteiger partial charge on any atom is -0.307 e. The monoisotopic (exact) mass is 151 g/mol. The highest BCUT2D eigenvalue weighted by Crippen LogP contribution is 2.16. The second-order valence-electron chi connectivity index (χ2n) is 3.48. The van der Waals surface area contributed by atoms with Crippen molar-refractivity contribution in [3.8, 4) is 0 Å². The van der Waals surface area contributed by atoms with Crippen molar-refractivity contribution in [3.05, 3.63) is 24.3 Å². The number of hydrogen-bond donors (Lipinski definition) is 0. The van der Waals surface area contributed by atoms with Crippen LogP contribution in [0.3, 0.4) is 0 Å². The van der Waals surface area contributed by atoms with E-state index in [0.717, 1.165) is 0 Å². The van der Waals surface area contributed by atoms with Gasteiger partial charge in [-0.05, 0) is 33.4 Å². The maximum absolute atomic E-state index is 2.26. The lowest BCUT2D eigenvalue weighted by atomic mass is 10.0. The van der Waals surface area contributed by atoms with Gasteiger partial charge in [-0.15, -0.1) is 0 Å². The molecule has 0 N–H and O–H groups in total. The van der Waals surface area contributed by atoms with Gasteiger partial charge in [-0.3, -0.25) is 0 Å². The minimum atomic E-state index is 0.674. The molecule has 0 aromatic rings. The van der Waals surface area contributed by atoms with Gasteiger partial charge < -0.3 is 4.90 Å². The third kappa shape index (κ3) is 2.51. The Bertz CT molecular complexity index is 156. The molecule has 62 valence electrons. The van der Waals surface area contributed by atoms with Gasteiger partial charge in [0.15, 0.2) is 0 Å². The van der Waals surface area contributed by atoms with Gasteiger partial charge >= 0.3 is 0 Å². The van der Waals surface area contributed by atoms with E-state index in [0.29, 0.717) is 12.0 Å². The molecule has 0 aliphatic heterocycles. The Morgan fingerprint density at radius 2 is 1.82 bits per heavy atom. The first-order valence-corrected chi connectivity index (χ1v) is 4.21. The summed E-state index contributed by atoms with van der Waals surface area (Å²) in [7, 11) is 4.26. The van der Waals surface area contributed by atoms with Crippen LogP contribution < -0.4 is 0 Å².